The van der Waals surface area contributed by atoms with Crippen LogP contribution in [0.3, 0.4) is 0 Å². The number of aryl methyl sites for hydroxylation is 2. The lowest BCUT2D eigenvalue weighted by molar-refractivity contribution is 0.0965. The van der Waals surface area contributed by atoms with Gasteiger partial charge in [-0.3, -0.25) is 9.59 Å². The van der Waals surface area contributed by atoms with Gasteiger partial charge >= 0.3 is 0 Å². The molecule has 1 aliphatic heterocycles. The molecule has 0 bridgehead atoms. The monoisotopic (exact) mass is 474 g/mol. The number of amides is 2. The van der Waals surface area contributed by atoms with Crippen LogP contribution in [-0.2, 0) is 0 Å². The molecular weight excluding hydrogens is 444 g/mol. The zero-order valence-corrected chi connectivity index (χ0v) is 20.9. The molecule has 4 aromatic carbocycles. The maximum atomic E-state index is 14.0. The van der Waals surface area contributed by atoms with E-state index in [-0.39, 0.29) is 23.9 Å². The number of rotatable bonds is 4. The Morgan fingerprint density at radius 1 is 0.750 bits per heavy atom. The van der Waals surface area contributed by atoms with E-state index in [1.54, 1.807) is 0 Å². The van der Waals surface area contributed by atoms with Gasteiger partial charge in [-0.25, -0.2) is 0 Å². The first-order chi connectivity index (χ1) is 17.4. The summed E-state index contributed by atoms with van der Waals surface area (Å²) >= 11 is 0. The van der Waals surface area contributed by atoms with Gasteiger partial charge in [-0.15, -0.1) is 0 Å². The summed E-state index contributed by atoms with van der Waals surface area (Å²) < 4.78 is 0. The Morgan fingerprint density at radius 3 is 1.97 bits per heavy atom. The van der Waals surface area contributed by atoms with Gasteiger partial charge in [0, 0.05) is 28.5 Å². The summed E-state index contributed by atoms with van der Waals surface area (Å²) in [5.41, 5.74) is 6.23. The van der Waals surface area contributed by atoms with Gasteiger partial charge in [0.2, 0.25) is 0 Å². The van der Waals surface area contributed by atoms with E-state index in [1.165, 1.54) is 0 Å². The Labute approximate surface area is 212 Å². The molecule has 2 amide bonds. The molecule has 1 heterocycles. The van der Waals surface area contributed by atoms with Crippen LogP contribution >= 0.6 is 0 Å². The van der Waals surface area contributed by atoms with Crippen molar-refractivity contribution in [3.8, 4) is 0 Å². The number of nitrogens with zero attached hydrogens (tertiary/aromatic N) is 2. The summed E-state index contributed by atoms with van der Waals surface area (Å²) in [5.74, 6) is -0.0742. The molecule has 0 unspecified atom stereocenters. The lowest BCUT2D eigenvalue weighted by Crippen LogP contribution is -2.48. The SMILES string of the molecule is Cc1ccc(N(C(=O)c2ccccc2)[C@@H]2C[C@@H](C)N(C(=O)c3ccccc3)c3ccc(C)cc32)cc1. The molecule has 4 nitrogen and oxygen atoms in total. The quantitative estimate of drug-likeness (QED) is 0.316. The summed E-state index contributed by atoms with van der Waals surface area (Å²) in [6.45, 7) is 6.16. The van der Waals surface area contributed by atoms with Crippen molar-refractivity contribution in [2.24, 2.45) is 0 Å². The smallest absolute Gasteiger partial charge is 0.258 e. The third-order valence-electron chi connectivity index (χ3n) is 6.91. The van der Waals surface area contributed by atoms with Crippen molar-refractivity contribution >= 4 is 23.2 Å². The topological polar surface area (TPSA) is 40.6 Å². The molecule has 4 aromatic rings. The third kappa shape index (κ3) is 4.42. The first kappa shape index (κ1) is 23.6. The lowest BCUT2D eigenvalue weighted by Gasteiger charge is -2.44. The highest BCUT2D eigenvalue weighted by atomic mass is 16.2. The summed E-state index contributed by atoms with van der Waals surface area (Å²) in [6, 6.07) is 32.8. The Balaban J connectivity index is 1.64. The molecule has 0 spiro atoms. The van der Waals surface area contributed by atoms with Crippen LogP contribution in [0.5, 0.6) is 0 Å². The normalized spacial score (nSPS) is 16.8. The van der Waals surface area contributed by atoms with E-state index >= 15 is 0 Å². The Morgan fingerprint density at radius 2 is 1.33 bits per heavy atom. The van der Waals surface area contributed by atoms with Crippen molar-refractivity contribution in [3.63, 3.8) is 0 Å². The Bertz CT molecular complexity index is 1380. The first-order valence-electron chi connectivity index (χ1n) is 12.4. The molecular formula is C32H30N2O2. The summed E-state index contributed by atoms with van der Waals surface area (Å²) in [5, 5.41) is 0. The minimum atomic E-state index is -0.217. The summed E-state index contributed by atoms with van der Waals surface area (Å²) in [4.78, 5) is 31.5. The predicted molar refractivity (Wildman–Crippen MR) is 146 cm³/mol. The Kier molecular flexibility index (Phi) is 6.43. The van der Waals surface area contributed by atoms with E-state index in [0.29, 0.717) is 17.5 Å². The predicted octanol–water partition coefficient (Wildman–Crippen LogP) is 7.13. The van der Waals surface area contributed by atoms with E-state index in [9.17, 15) is 9.59 Å². The first-order valence-corrected chi connectivity index (χ1v) is 12.4. The number of anilines is 2. The molecule has 5 rings (SSSR count). The number of carbonyl (C=O) groups excluding carboxylic acids is 2. The second kappa shape index (κ2) is 9.82. The van der Waals surface area contributed by atoms with E-state index in [1.807, 2.05) is 121 Å². The average Bonchev–Trinajstić information content (AvgIpc) is 2.91. The standard InChI is InChI=1S/C32H30N2O2/c1-22-14-17-27(18-15-22)34(32(36)26-12-8-5-9-13-26)30-21-24(3)33(29-19-16-23(2)20-28(29)30)31(35)25-10-6-4-7-11-25/h4-20,24,30H,21H2,1-3H3/t24-,30-/m1/s1. The molecule has 0 N–H and O–H groups in total. The van der Waals surface area contributed by atoms with Crippen molar-refractivity contribution in [1.29, 1.82) is 0 Å². The third-order valence-corrected chi connectivity index (χ3v) is 6.91. The van der Waals surface area contributed by atoms with E-state index in [2.05, 4.69) is 13.0 Å². The highest BCUT2D eigenvalue weighted by Gasteiger charge is 2.39. The number of hydrogen-bond acceptors (Lipinski definition) is 2. The van der Waals surface area contributed by atoms with Crippen molar-refractivity contribution in [1.82, 2.24) is 0 Å². The van der Waals surface area contributed by atoms with Gasteiger partial charge in [-0.1, -0.05) is 71.8 Å². The van der Waals surface area contributed by atoms with Crippen LogP contribution < -0.4 is 9.80 Å². The summed E-state index contributed by atoms with van der Waals surface area (Å²) in [6.07, 6.45) is 0.626. The molecule has 36 heavy (non-hydrogen) atoms. The fraction of sp³-hybridized carbons (Fsp3) is 0.188. The van der Waals surface area contributed by atoms with Crippen molar-refractivity contribution in [2.45, 2.75) is 39.3 Å². The average molecular weight is 475 g/mol. The van der Waals surface area contributed by atoms with Gasteiger partial charge in [0.1, 0.15) is 0 Å². The second-order valence-electron chi connectivity index (χ2n) is 9.58. The number of hydrogen-bond donors (Lipinski definition) is 0. The molecule has 4 heteroatoms. The molecule has 0 fully saturated rings. The zero-order chi connectivity index (χ0) is 25.2. The van der Waals surface area contributed by atoms with Crippen LogP contribution in [0, 0.1) is 13.8 Å². The van der Waals surface area contributed by atoms with Gasteiger partial charge in [0.15, 0.2) is 0 Å². The minimum Gasteiger partial charge on any atom is -0.305 e. The molecule has 0 aliphatic carbocycles. The molecule has 1 aliphatic rings. The van der Waals surface area contributed by atoms with Crippen LogP contribution in [0.1, 0.15) is 56.8 Å². The minimum absolute atomic E-state index is 0.0251. The van der Waals surface area contributed by atoms with Crippen LogP contribution in [0.4, 0.5) is 11.4 Å². The number of benzene rings is 4. The maximum Gasteiger partial charge on any atom is 0.258 e. The number of fused-ring (bicyclic) bond motifs is 1. The zero-order valence-electron chi connectivity index (χ0n) is 20.9. The van der Waals surface area contributed by atoms with Gasteiger partial charge in [0.25, 0.3) is 11.8 Å². The second-order valence-corrected chi connectivity index (χ2v) is 9.58. The van der Waals surface area contributed by atoms with Gasteiger partial charge in [-0.05, 0) is 75.2 Å². The fourth-order valence-corrected chi connectivity index (χ4v) is 5.09. The van der Waals surface area contributed by atoms with Crippen molar-refractivity contribution < 1.29 is 9.59 Å². The lowest BCUT2D eigenvalue weighted by atomic mass is 9.88. The van der Waals surface area contributed by atoms with Crippen LogP contribution in [-0.4, -0.2) is 17.9 Å². The molecule has 2 atom stereocenters. The van der Waals surface area contributed by atoms with Gasteiger partial charge in [0.05, 0.1) is 6.04 Å². The van der Waals surface area contributed by atoms with Gasteiger partial charge < -0.3 is 9.80 Å². The largest absolute Gasteiger partial charge is 0.305 e. The van der Waals surface area contributed by atoms with Crippen molar-refractivity contribution in [2.75, 3.05) is 9.80 Å². The molecule has 180 valence electrons. The molecule has 0 aromatic heterocycles. The molecule has 0 saturated heterocycles. The molecule has 0 radical (unpaired) electrons. The van der Waals surface area contributed by atoms with Crippen molar-refractivity contribution in [3.05, 3.63) is 131 Å². The Hall–Kier alpha value is -4.18. The number of carbonyl (C=O) groups is 2. The van der Waals surface area contributed by atoms with Gasteiger partial charge in [-0.2, -0.15) is 0 Å². The maximum absolute atomic E-state index is 14.0. The van der Waals surface area contributed by atoms with Crippen LogP contribution in [0.2, 0.25) is 0 Å². The van der Waals surface area contributed by atoms with E-state index in [4.69, 9.17) is 0 Å². The summed E-state index contributed by atoms with van der Waals surface area (Å²) in [7, 11) is 0. The highest BCUT2D eigenvalue weighted by Crippen LogP contribution is 2.43. The molecule has 0 saturated carbocycles. The van der Waals surface area contributed by atoms with Crippen LogP contribution in [0.25, 0.3) is 0 Å². The van der Waals surface area contributed by atoms with E-state index < -0.39 is 0 Å². The van der Waals surface area contributed by atoms with E-state index in [0.717, 1.165) is 28.1 Å². The van der Waals surface area contributed by atoms with Crippen LogP contribution in [0.15, 0.2) is 103 Å². The highest BCUT2D eigenvalue weighted by molar-refractivity contribution is 6.09. The fourth-order valence-electron chi connectivity index (χ4n) is 5.09.